The number of pyridine rings is 1. The molecule has 148 valence electrons. The lowest BCUT2D eigenvalue weighted by Gasteiger charge is -1.99. The third-order valence-electron chi connectivity index (χ3n) is 4.22. The fourth-order valence-corrected chi connectivity index (χ4v) is 3.25. The number of nitriles is 1. The predicted molar refractivity (Wildman–Crippen MR) is 110 cm³/mol. The van der Waals surface area contributed by atoms with Crippen LogP contribution in [0, 0.1) is 18.3 Å². The first-order valence-electron chi connectivity index (χ1n) is 8.57. The zero-order valence-corrected chi connectivity index (χ0v) is 16.6. The molecule has 0 saturated carbocycles. The monoisotopic (exact) mass is 419 g/mol. The molecule has 4 aromatic rings. The van der Waals surface area contributed by atoms with Crippen LogP contribution in [-0.2, 0) is 7.05 Å². The van der Waals surface area contributed by atoms with Crippen molar-refractivity contribution in [2.75, 3.05) is 10.9 Å². The Morgan fingerprint density at radius 1 is 1.20 bits per heavy atom. The predicted octanol–water partition coefficient (Wildman–Crippen LogP) is 0.0565. The summed E-state index contributed by atoms with van der Waals surface area (Å²) in [4.78, 5) is 29.1. The zero-order valence-electron chi connectivity index (χ0n) is 15.7. The summed E-state index contributed by atoms with van der Waals surface area (Å²) in [5, 5.41) is 21.3. The molecule has 1 aromatic carbocycles. The maximum absolute atomic E-state index is 12.6. The molecular weight excluding hydrogens is 406 g/mol. The molecule has 12 heteroatoms. The fourth-order valence-electron chi connectivity index (χ4n) is 2.60. The van der Waals surface area contributed by atoms with Crippen LogP contribution in [0.25, 0.3) is 11.0 Å². The number of anilines is 2. The van der Waals surface area contributed by atoms with Crippen molar-refractivity contribution in [3.63, 3.8) is 0 Å². The van der Waals surface area contributed by atoms with Gasteiger partial charge in [0.1, 0.15) is 28.3 Å². The second kappa shape index (κ2) is 7.64. The Hall–Kier alpha value is -4.24. The van der Waals surface area contributed by atoms with Crippen molar-refractivity contribution in [3.8, 4) is 6.07 Å². The summed E-state index contributed by atoms with van der Waals surface area (Å²) in [6, 6.07) is 7.89. The van der Waals surface area contributed by atoms with Crippen LogP contribution >= 0.6 is 11.5 Å². The average Bonchev–Trinajstić information content (AvgIpc) is 3.32. The molecule has 3 aromatic heterocycles. The molecule has 0 atom stereocenters. The number of hydrogen-bond acceptors (Lipinski definition) is 11. The summed E-state index contributed by atoms with van der Waals surface area (Å²) in [5.74, 6) is 0.517. The van der Waals surface area contributed by atoms with Crippen LogP contribution in [0.4, 0.5) is 10.8 Å². The van der Waals surface area contributed by atoms with Gasteiger partial charge in [0.05, 0.1) is 17.5 Å². The molecule has 0 unspecified atom stereocenters. The van der Waals surface area contributed by atoms with E-state index < -0.39 is 10.9 Å². The SMILES string of the molecule is Cc1nc2c(N/N=c3\ccc(=O)/c(=N\Nc4ccnn4C)c3=O)snc2cc1C#N. The van der Waals surface area contributed by atoms with Gasteiger partial charge in [0.15, 0.2) is 10.4 Å². The number of benzene rings is 1. The van der Waals surface area contributed by atoms with E-state index in [1.807, 2.05) is 0 Å². The number of hydrogen-bond donors (Lipinski definition) is 2. The molecule has 0 bridgehead atoms. The van der Waals surface area contributed by atoms with Crippen molar-refractivity contribution in [1.29, 1.82) is 5.26 Å². The summed E-state index contributed by atoms with van der Waals surface area (Å²) >= 11 is 1.10. The number of aromatic nitrogens is 4. The molecule has 0 aliphatic rings. The van der Waals surface area contributed by atoms with Gasteiger partial charge < -0.3 is 0 Å². The van der Waals surface area contributed by atoms with Crippen molar-refractivity contribution >= 4 is 33.4 Å². The molecule has 4 rings (SSSR count). The molecule has 0 aliphatic carbocycles. The summed E-state index contributed by atoms with van der Waals surface area (Å²) in [6.45, 7) is 1.72. The molecule has 0 fully saturated rings. The highest BCUT2D eigenvalue weighted by Crippen LogP contribution is 2.27. The van der Waals surface area contributed by atoms with Crippen LogP contribution in [0.15, 0.2) is 50.3 Å². The molecule has 0 spiro atoms. The van der Waals surface area contributed by atoms with E-state index in [9.17, 15) is 9.59 Å². The molecule has 11 nitrogen and oxygen atoms in total. The van der Waals surface area contributed by atoms with E-state index in [-0.39, 0.29) is 10.7 Å². The fraction of sp³-hybridized carbons (Fsp3) is 0.111. The minimum Gasteiger partial charge on any atom is -0.287 e. The number of nitrogens with one attached hydrogen (secondary N) is 2. The minimum atomic E-state index is -0.630. The highest BCUT2D eigenvalue weighted by Gasteiger charge is 2.11. The maximum atomic E-state index is 12.6. The Balaban J connectivity index is 1.72. The Labute approximate surface area is 172 Å². The molecule has 3 heterocycles. The molecular formula is C18H13N9O2S. The first kappa shape index (κ1) is 19.1. The van der Waals surface area contributed by atoms with Gasteiger partial charge in [-0.2, -0.15) is 24.9 Å². The third-order valence-corrected chi connectivity index (χ3v) is 4.97. The maximum Gasteiger partial charge on any atom is 0.237 e. The Bertz CT molecular complexity index is 1530. The summed E-state index contributed by atoms with van der Waals surface area (Å²) in [5.41, 5.74) is 6.35. The molecule has 0 saturated heterocycles. The van der Waals surface area contributed by atoms with E-state index in [2.05, 4.69) is 41.6 Å². The molecule has 2 N–H and O–H groups in total. The lowest BCUT2D eigenvalue weighted by atomic mass is 10.2. The van der Waals surface area contributed by atoms with Gasteiger partial charge in [-0.25, -0.2) is 4.98 Å². The quantitative estimate of drug-likeness (QED) is 0.441. The highest BCUT2D eigenvalue weighted by molar-refractivity contribution is 7.11. The molecule has 0 radical (unpaired) electrons. The van der Waals surface area contributed by atoms with Crippen molar-refractivity contribution in [3.05, 3.63) is 72.9 Å². The summed E-state index contributed by atoms with van der Waals surface area (Å²) < 4.78 is 5.75. The van der Waals surface area contributed by atoms with Crippen LogP contribution in [-0.4, -0.2) is 19.1 Å². The van der Waals surface area contributed by atoms with Crippen LogP contribution < -0.4 is 32.4 Å². The standard InChI is InChI=1S/C18H13N9O2S/c1-9-10(8-19)7-12-15(21-9)18(30-26-12)25-22-11-3-4-13(28)16(17(11)29)24-23-14-5-6-20-27(14)2/h3-7,23,25H,1-2H3/b22-11+,24-16+. The Morgan fingerprint density at radius 3 is 2.77 bits per heavy atom. The van der Waals surface area contributed by atoms with Crippen molar-refractivity contribution in [2.24, 2.45) is 17.3 Å². The summed E-state index contributed by atoms with van der Waals surface area (Å²) in [7, 11) is 1.69. The second-order valence-electron chi connectivity index (χ2n) is 6.16. The van der Waals surface area contributed by atoms with Gasteiger partial charge in [-0.05, 0) is 36.7 Å². The van der Waals surface area contributed by atoms with Gasteiger partial charge in [0.25, 0.3) is 0 Å². The highest BCUT2D eigenvalue weighted by atomic mass is 32.1. The van der Waals surface area contributed by atoms with Crippen molar-refractivity contribution in [2.45, 2.75) is 6.92 Å². The molecule has 0 amide bonds. The van der Waals surface area contributed by atoms with Crippen LogP contribution in [0.3, 0.4) is 0 Å². The van der Waals surface area contributed by atoms with E-state index in [0.29, 0.717) is 33.1 Å². The smallest absolute Gasteiger partial charge is 0.237 e. The van der Waals surface area contributed by atoms with Crippen molar-refractivity contribution in [1.82, 2.24) is 19.1 Å². The lowest BCUT2D eigenvalue weighted by Crippen LogP contribution is -2.48. The van der Waals surface area contributed by atoms with E-state index in [4.69, 9.17) is 5.26 Å². The van der Waals surface area contributed by atoms with Gasteiger partial charge >= 0.3 is 0 Å². The Morgan fingerprint density at radius 2 is 2.03 bits per heavy atom. The lowest BCUT2D eigenvalue weighted by molar-refractivity contribution is 0.770. The van der Waals surface area contributed by atoms with E-state index in [1.165, 1.54) is 16.8 Å². The minimum absolute atomic E-state index is 0.00655. The van der Waals surface area contributed by atoms with Gasteiger partial charge in [0.2, 0.25) is 10.9 Å². The van der Waals surface area contributed by atoms with E-state index in [1.54, 1.807) is 32.3 Å². The van der Waals surface area contributed by atoms with Gasteiger partial charge in [-0.3, -0.25) is 25.1 Å². The van der Waals surface area contributed by atoms with Crippen LogP contribution in [0.2, 0.25) is 0 Å². The van der Waals surface area contributed by atoms with Gasteiger partial charge in [0, 0.05) is 13.1 Å². The first-order chi connectivity index (χ1) is 14.5. The van der Waals surface area contributed by atoms with Crippen LogP contribution in [0.5, 0.6) is 0 Å². The Kier molecular flexibility index (Phi) is 4.87. The van der Waals surface area contributed by atoms with Gasteiger partial charge in [-0.1, -0.05) is 0 Å². The van der Waals surface area contributed by atoms with Crippen molar-refractivity contribution < 1.29 is 0 Å². The normalized spacial score (nSPS) is 12.3. The second-order valence-corrected chi connectivity index (χ2v) is 6.93. The van der Waals surface area contributed by atoms with E-state index in [0.717, 1.165) is 11.5 Å². The average molecular weight is 419 g/mol. The zero-order chi connectivity index (χ0) is 21.3. The molecule has 0 aliphatic heterocycles. The third kappa shape index (κ3) is 3.45. The van der Waals surface area contributed by atoms with Crippen LogP contribution in [0.1, 0.15) is 11.3 Å². The number of fused-ring (bicyclic) bond motifs is 1. The number of rotatable bonds is 4. The number of aryl methyl sites for hydroxylation is 2. The largest absolute Gasteiger partial charge is 0.287 e. The topological polar surface area (TPSA) is 150 Å². The first-order valence-corrected chi connectivity index (χ1v) is 9.35. The number of nitrogens with zero attached hydrogens (tertiary/aromatic N) is 7. The summed E-state index contributed by atoms with van der Waals surface area (Å²) in [6.07, 6.45) is 1.55. The van der Waals surface area contributed by atoms with E-state index >= 15 is 0 Å². The van der Waals surface area contributed by atoms with Gasteiger partial charge in [-0.15, -0.1) is 0 Å². The molecule has 30 heavy (non-hydrogen) atoms.